The SMILES string of the molecule is CC1CCCCN1S(=O)(=O)c1ccc(C(=O)NC(C)(CN)C2CC2)cc1. The number of nitrogens with zero attached hydrogens (tertiary/aromatic N) is 1. The number of benzene rings is 1. The van der Waals surface area contributed by atoms with Crippen molar-refractivity contribution in [3.63, 3.8) is 0 Å². The zero-order valence-electron chi connectivity index (χ0n) is 15.6. The van der Waals surface area contributed by atoms with Crippen LogP contribution < -0.4 is 11.1 Å². The monoisotopic (exact) mass is 379 g/mol. The quantitative estimate of drug-likeness (QED) is 0.792. The summed E-state index contributed by atoms with van der Waals surface area (Å²) in [6.07, 6.45) is 5.01. The third kappa shape index (κ3) is 3.80. The lowest BCUT2D eigenvalue weighted by atomic mass is 9.95. The van der Waals surface area contributed by atoms with Crippen molar-refractivity contribution in [1.82, 2.24) is 9.62 Å². The summed E-state index contributed by atoms with van der Waals surface area (Å²) in [5, 5.41) is 3.03. The molecule has 6 nitrogen and oxygen atoms in total. The minimum Gasteiger partial charge on any atom is -0.345 e. The van der Waals surface area contributed by atoms with Crippen molar-refractivity contribution >= 4 is 15.9 Å². The predicted octanol–water partition coefficient (Wildman–Crippen LogP) is 2.11. The number of hydrogen-bond donors (Lipinski definition) is 2. The molecule has 0 radical (unpaired) electrons. The van der Waals surface area contributed by atoms with E-state index in [1.165, 1.54) is 12.1 Å². The molecule has 1 aromatic rings. The van der Waals surface area contributed by atoms with Crippen LogP contribution in [0.4, 0.5) is 0 Å². The number of sulfonamides is 1. The van der Waals surface area contributed by atoms with Gasteiger partial charge in [-0.3, -0.25) is 4.79 Å². The molecule has 1 saturated carbocycles. The third-order valence-corrected chi connectivity index (χ3v) is 7.79. The van der Waals surface area contributed by atoms with Crippen molar-refractivity contribution in [2.75, 3.05) is 13.1 Å². The first-order chi connectivity index (χ1) is 12.3. The summed E-state index contributed by atoms with van der Waals surface area (Å²) in [6, 6.07) is 6.24. The molecule has 0 aromatic heterocycles. The molecule has 2 atom stereocenters. The van der Waals surface area contributed by atoms with Gasteiger partial charge in [-0.15, -0.1) is 0 Å². The maximum atomic E-state index is 12.9. The smallest absolute Gasteiger partial charge is 0.251 e. The van der Waals surface area contributed by atoms with Gasteiger partial charge in [-0.25, -0.2) is 8.42 Å². The van der Waals surface area contributed by atoms with Gasteiger partial charge in [0.15, 0.2) is 0 Å². The zero-order valence-corrected chi connectivity index (χ0v) is 16.4. The third-order valence-electron chi connectivity index (χ3n) is 5.77. The summed E-state index contributed by atoms with van der Waals surface area (Å²) in [5.74, 6) is 0.219. The van der Waals surface area contributed by atoms with E-state index in [2.05, 4.69) is 5.32 Å². The summed E-state index contributed by atoms with van der Waals surface area (Å²) in [6.45, 7) is 4.87. The maximum absolute atomic E-state index is 12.9. The second-order valence-corrected chi connectivity index (χ2v) is 9.73. The molecule has 7 heteroatoms. The Balaban J connectivity index is 1.74. The predicted molar refractivity (Wildman–Crippen MR) is 101 cm³/mol. The fourth-order valence-electron chi connectivity index (χ4n) is 3.71. The Kier molecular flexibility index (Phi) is 5.42. The Labute approximate surface area is 156 Å². The molecular weight excluding hydrogens is 350 g/mol. The number of carbonyl (C=O) groups is 1. The van der Waals surface area contributed by atoms with Gasteiger partial charge in [0.25, 0.3) is 5.91 Å². The Morgan fingerprint density at radius 3 is 2.42 bits per heavy atom. The highest BCUT2D eigenvalue weighted by molar-refractivity contribution is 7.89. The molecule has 1 aromatic carbocycles. The van der Waals surface area contributed by atoms with E-state index in [4.69, 9.17) is 5.73 Å². The molecular formula is C19H29N3O3S. The van der Waals surface area contributed by atoms with E-state index in [0.717, 1.165) is 32.1 Å². The number of hydrogen-bond acceptors (Lipinski definition) is 4. The van der Waals surface area contributed by atoms with Crippen LogP contribution in [0.15, 0.2) is 29.2 Å². The normalized spacial score (nSPS) is 24.0. The fourth-order valence-corrected chi connectivity index (χ4v) is 5.41. The molecule has 3 N–H and O–H groups in total. The van der Waals surface area contributed by atoms with Crippen LogP contribution >= 0.6 is 0 Å². The molecule has 2 unspecified atom stereocenters. The molecule has 1 heterocycles. The van der Waals surface area contributed by atoms with Crippen LogP contribution in [0.3, 0.4) is 0 Å². The molecule has 2 aliphatic rings. The summed E-state index contributed by atoms with van der Waals surface area (Å²) >= 11 is 0. The largest absolute Gasteiger partial charge is 0.345 e. The summed E-state index contributed by atoms with van der Waals surface area (Å²) in [4.78, 5) is 12.8. The molecule has 1 aliphatic heterocycles. The van der Waals surface area contributed by atoms with E-state index < -0.39 is 15.6 Å². The van der Waals surface area contributed by atoms with Crippen LogP contribution in [0, 0.1) is 5.92 Å². The fraction of sp³-hybridized carbons (Fsp3) is 0.632. The summed E-state index contributed by atoms with van der Waals surface area (Å²) in [5.41, 5.74) is 5.91. The van der Waals surface area contributed by atoms with E-state index in [-0.39, 0.29) is 16.8 Å². The van der Waals surface area contributed by atoms with Crippen molar-refractivity contribution in [3.05, 3.63) is 29.8 Å². The molecule has 0 spiro atoms. The van der Waals surface area contributed by atoms with Gasteiger partial charge in [-0.2, -0.15) is 4.31 Å². The molecule has 1 aliphatic carbocycles. The van der Waals surface area contributed by atoms with Gasteiger partial charge < -0.3 is 11.1 Å². The van der Waals surface area contributed by atoms with Gasteiger partial charge in [0.05, 0.1) is 10.4 Å². The molecule has 26 heavy (non-hydrogen) atoms. The maximum Gasteiger partial charge on any atom is 0.251 e. The first-order valence-electron chi connectivity index (χ1n) is 9.42. The zero-order chi connectivity index (χ0) is 18.9. The Morgan fingerprint density at radius 1 is 1.23 bits per heavy atom. The second kappa shape index (κ2) is 7.29. The summed E-state index contributed by atoms with van der Waals surface area (Å²) in [7, 11) is -3.52. The average Bonchev–Trinajstić information content (AvgIpc) is 3.47. The van der Waals surface area contributed by atoms with Crippen molar-refractivity contribution in [2.45, 2.75) is 62.4 Å². The lowest BCUT2D eigenvalue weighted by Crippen LogP contribution is -2.53. The first kappa shape index (κ1) is 19.3. The van der Waals surface area contributed by atoms with E-state index in [1.807, 2.05) is 13.8 Å². The van der Waals surface area contributed by atoms with Gasteiger partial charge in [0.2, 0.25) is 10.0 Å². The van der Waals surface area contributed by atoms with E-state index in [0.29, 0.717) is 24.6 Å². The molecule has 2 fully saturated rings. The standard InChI is InChI=1S/C19H29N3O3S/c1-14-5-3-4-12-22(14)26(24,25)17-10-6-15(7-11-17)18(23)21-19(2,13-20)16-8-9-16/h6-7,10-11,14,16H,3-5,8-9,12-13,20H2,1-2H3,(H,21,23). The topological polar surface area (TPSA) is 92.5 Å². The number of piperidine rings is 1. The van der Waals surface area contributed by atoms with Crippen molar-refractivity contribution in [3.8, 4) is 0 Å². The van der Waals surface area contributed by atoms with Crippen LogP contribution in [0.2, 0.25) is 0 Å². The average molecular weight is 380 g/mol. The van der Waals surface area contributed by atoms with Crippen molar-refractivity contribution in [2.24, 2.45) is 11.7 Å². The minimum absolute atomic E-state index is 0.0144. The first-order valence-corrected chi connectivity index (χ1v) is 10.9. The lowest BCUT2D eigenvalue weighted by Gasteiger charge is -2.32. The van der Waals surface area contributed by atoms with Crippen LogP contribution in [0.5, 0.6) is 0 Å². The molecule has 0 bridgehead atoms. The van der Waals surface area contributed by atoms with E-state index in [1.54, 1.807) is 16.4 Å². The van der Waals surface area contributed by atoms with E-state index in [9.17, 15) is 13.2 Å². The number of amides is 1. The number of nitrogens with one attached hydrogen (secondary N) is 1. The number of carbonyl (C=O) groups excluding carboxylic acids is 1. The Hall–Kier alpha value is -1.44. The Morgan fingerprint density at radius 2 is 1.88 bits per heavy atom. The molecule has 1 amide bonds. The van der Waals surface area contributed by atoms with Gasteiger partial charge in [0.1, 0.15) is 0 Å². The molecule has 144 valence electrons. The van der Waals surface area contributed by atoms with Crippen molar-refractivity contribution < 1.29 is 13.2 Å². The highest BCUT2D eigenvalue weighted by atomic mass is 32.2. The van der Waals surface area contributed by atoms with Gasteiger partial charge >= 0.3 is 0 Å². The molecule has 3 rings (SSSR count). The van der Waals surface area contributed by atoms with Crippen molar-refractivity contribution in [1.29, 1.82) is 0 Å². The van der Waals surface area contributed by atoms with Gasteiger partial charge in [-0.05, 0) is 69.7 Å². The van der Waals surface area contributed by atoms with Gasteiger partial charge in [0, 0.05) is 24.7 Å². The second-order valence-electron chi connectivity index (χ2n) is 7.83. The lowest BCUT2D eigenvalue weighted by molar-refractivity contribution is 0.0897. The van der Waals surface area contributed by atoms with E-state index >= 15 is 0 Å². The van der Waals surface area contributed by atoms with Crippen LogP contribution in [-0.2, 0) is 10.0 Å². The van der Waals surface area contributed by atoms with Gasteiger partial charge in [-0.1, -0.05) is 6.42 Å². The molecule has 1 saturated heterocycles. The Bertz CT molecular complexity index is 759. The highest BCUT2D eigenvalue weighted by Gasteiger charge is 2.41. The van der Waals surface area contributed by atoms with Crippen LogP contribution in [0.25, 0.3) is 0 Å². The minimum atomic E-state index is -3.52. The highest BCUT2D eigenvalue weighted by Crippen LogP contribution is 2.39. The van der Waals surface area contributed by atoms with Crippen LogP contribution in [-0.4, -0.2) is 43.3 Å². The summed E-state index contributed by atoms with van der Waals surface area (Å²) < 4.78 is 27.3. The number of rotatable bonds is 6. The number of nitrogens with two attached hydrogens (primary N) is 1. The van der Waals surface area contributed by atoms with Crippen LogP contribution in [0.1, 0.15) is 56.3 Å².